The molecule has 0 fully saturated rings. The minimum atomic E-state index is -0.146. The number of ether oxygens (including phenoxy) is 1. The minimum absolute atomic E-state index is 0.00965. The van der Waals surface area contributed by atoms with Gasteiger partial charge in [-0.05, 0) is 65.9 Å². The first-order chi connectivity index (χ1) is 19.9. The Morgan fingerprint density at radius 3 is 2.44 bits per heavy atom. The number of aromatic nitrogens is 1. The Kier molecular flexibility index (Phi) is 11.0. The number of halogens is 1. The molecule has 0 unspecified atom stereocenters. The SMILES string of the molecule is CCOCCCN(CC(=O)N(Cc1cccn1Cc1ccccc1Cl)CC(C)C)C(=O)c1ccc2ccccc2c1. The highest BCUT2D eigenvalue weighted by Gasteiger charge is 2.24. The normalized spacial score (nSPS) is 11.2. The number of hydrogen-bond donors (Lipinski definition) is 0. The molecule has 6 nitrogen and oxygen atoms in total. The van der Waals surface area contributed by atoms with Crippen molar-refractivity contribution in [3.05, 3.63) is 107 Å². The predicted molar refractivity (Wildman–Crippen MR) is 166 cm³/mol. The molecule has 4 rings (SSSR count). The molecule has 0 aliphatic carbocycles. The van der Waals surface area contributed by atoms with E-state index in [1.807, 2.05) is 96.9 Å². The number of carbonyl (C=O) groups excluding carboxylic acids is 2. The van der Waals surface area contributed by atoms with Crippen LogP contribution < -0.4 is 0 Å². The monoisotopic (exact) mass is 573 g/mol. The van der Waals surface area contributed by atoms with Gasteiger partial charge in [0.2, 0.25) is 5.91 Å². The van der Waals surface area contributed by atoms with Crippen LogP contribution in [0, 0.1) is 5.92 Å². The molecule has 0 saturated carbocycles. The topological polar surface area (TPSA) is 54.8 Å². The van der Waals surface area contributed by atoms with Crippen LogP contribution in [0.5, 0.6) is 0 Å². The molecule has 0 bridgehead atoms. The summed E-state index contributed by atoms with van der Waals surface area (Å²) in [6.07, 6.45) is 2.67. The number of carbonyl (C=O) groups is 2. The fraction of sp³-hybridized carbons (Fsp3) is 0.353. The van der Waals surface area contributed by atoms with Gasteiger partial charge in [0.25, 0.3) is 5.91 Å². The van der Waals surface area contributed by atoms with Gasteiger partial charge < -0.3 is 19.1 Å². The molecule has 1 heterocycles. The van der Waals surface area contributed by atoms with Crippen molar-refractivity contribution in [3.63, 3.8) is 0 Å². The molecule has 0 saturated heterocycles. The Morgan fingerprint density at radius 1 is 0.927 bits per heavy atom. The van der Waals surface area contributed by atoms with Gasteiger partial charge in [0.05, 0.1) is 6.54 Å². The first-order valence-electron chi connectivity index (χ1n) is 14.4. The van der Waals surface area contributed by atoms with Crippen LogP contribution in [0.25, 0.3) is 10.8 Å². The molecule has 3 aromatic carbocycles. The lowest BCUT2D eigenvalue weighted by atomic mass is 10.1. The van der Waals surface area contributed by atoms with Crippen molar-refractivity contribution >= 4 is 34.2 Å². The molecule has 41 heavy (non-hydrogen) atoms. The fourth-order valence-corrected chi connectivity index (χ4v) is 5.17. The van der Waals surface area contributed by atoms with Crippen molar-refractivity contribution < 1.29 is 14.3 Å². The van der Waals surface area contributed by atoms with E-state index in [1.54, 1.807) is 4.90 Å². The van der Waals surface area contributed by atoms with Gasteiger partial charge in [-0.25, -0.2) is 0 Å². The van der Waals surface area contributed by atoms with Crippen molar-refractivity contribution in [1.29, 1.82) is 0 Å². The average Bonchev–Trinajstić information content (AvgIpc) is 3.40. The smallest absolute Gasteiger partial charge is 0.254 e. The van der Waals surface area contributed by atoms with Crippen LogP contribution in [0.4, 0.5) is 0 Å². The van der Waals surface area contributed by atoms with E-state index in [-0.39, 0.29) is 24.3 Å². The summed E-state index contributed by atoms with van der Waals surface area (Å²) >= 11 is 6.43. The Labute approximate surface area is 248 Å². The van der Waals surface area contributed by atoms with E-state index in [0.717, 1.165) is 27.1 Å². The summed E-state index contributed by atoms with van der Waals surface area (Å²) in [5.74, 6) is 0.0514. The van der Waals surface area contributed by atoms with Crippen molar-refractivity contribution in [3.8, 4) is 0 Å². The maximum atomic E-state index is 13.8. The zero-order valence-corrected chi connectivity index (χ0v) is 25.0. The second kappa shape index (κ2) is 14.9. The number of fused-ring (bicyclic) bond motifs is 1. The van der Waals surface area contributed by atoms with Crippen LogP contribution in [0.3, 0.4) is 0 Å². The Hall–Kier alpha value is -3.61. The molecule has 0 aliphatic rings. The van der Waals surface area contributed by atoms with E-state index in [1.165, 1.54) is 0 Å². The zero-order chi connectivity index (χ0) is 29.2. The van der Waals surface area contributed by atoms with E-state index in [2.05, 4.69) is 18.4 Å². The quantitative estimate of drug-likeness (QED) is 0.154. The number of hydrogen-bond acceptors (Lipinski definition) is 3. The second-order valence-corrected chi connectivity index (χ2v) is 11.1. The Morgan fingerprint density at radius 2 is 1.68 bits per heavy atom. The summed E-state index contributed by atoms with van der Waals surface area (Å²) < 4.78 is 7.65. The third-order valence-electron chi connectivity index (χ3n) is 7.04. The lowest BCUT2D eigenvalue weighted by Gasteiger charge is -2.29. The van der Waals surface area contributed by atoms with Gasteiger partial charge in [-0.15, -0.1) is 0 Å². The van der Waals surface area contributed by atoms with Gasteiger partial charge in [0.15, 0.2) is 0 Å². The van der Waals surface area contributed by atoms with Gasteiger partial charge in [0.1, 0.15) is 6.54 Å². The molecule has 0 radical (unpaired) electrons. The molecule has 7 heteroatoms. The molecule has 0 aliphatic heterocycles. The first-order valence-corrected chi connectivity index (χ1v) is 14.7. The minimum Gasteiger partial charge on any atom is -0.382 e. The van der Waals surface area contributed by atoms with Crippen LogP contribution in [0.2, 0.25) is 5.02 Å². The van der Waals surface area contributed by atoms with Crippen molar-refractivity contribution in [2.24, 2.45) is 5.92 Å². The molecule has 1 aromatic heterocycles. The number of amides is 2. The summed E-state index contributed by atoms with van der Waals surface area (Å²) in [6, 6.07) is 25.5. The van der Waals surface area contributed by atoms with Crippen LogP contribution in [-0.4, -0.2) is 59.0 Å². The Bertz CT molecular complexity index is 1450. The van der Waals surface area contributed by atoms with Crippen molar-refractivity contribution in [1.82, 2.24) is 14.4 Å². The number of nitrogens with zero attached hydrogens (tertiary/aromatic N) is 3. The van der Waals surface area contributed by atoms with Crippen molar-refractivity contribution in [2.45, 2.75) is 40.3 Å². The van der Waals surface area contributed by atoms with Crippen molar-refractivity contribution in [2.75, 3.05) is 32.8 Å². The van der Waals surface area contributed by atoms with Crippen LogP contribution in [-0.2, 0) is 22.6 Å². The molecule has 0 N–H and O–H groups in total. The predicted octanol–water partition coefficient (Wildman–Crippen LogP) is 6.90. The second-order valence-electron chi connectivity index (χ2n) is 10.7. The largest absolute Gasteiger partial charge is 0.382 e. The molecule has 2 amide bonds. The molecule has 0 atom stereocenters. The third-order valence-corrected chi connectivity index (χ3v) is 7.41. The molecular formula is C34H40ClN3O3. The van der Waals surface area contributed by atoms with Gasteiger partial charge in [0, 0.05) is 55.3 Å². The van der Waals surface area contributed by atoms with E-state index >= 15 is 0 Å². The zero-order valence-electron chi connectivity index (χ0n) is 24.3. The first kappa shape index (κ1) is 30.4. The highest BCUT2D eigenvalue weighted by molar-refractivity contribution is 6.31. The van der Waals surface area contributed by atoms with Crippen LogP contribution in [0.15, 0.2) is 85.1 Å². The van der Waals surface area contributed by atoms with Gasteiger partial charge in [-0.1, -0.05) is 74.0 Å². The molecular weight excluding hydrogens is 534 g/mol. The standard InChI is InChI=1S/C34H40ClN3O3/c1-4-41-20-10-19-37(34(40)29-17-16-27-11-5-6-12-28(27)21-29)25-33(39)38(22-26(2)3)24-31-14-9-18-36(31)23-30-13-7-8-15-32(30)35/h5-9,11-18,21,26H,4,10,19-20,22-25H2,1-3H3. The van der Waals surface area contributed by atoms with E-state index in [4.69, 9.17) is 16.3 Å². The highest BCUT2D eigenvalue weighted by Crippen LogP contribution is 2.20. The van der Waals surface area contributed by atoms with Gasteiger partial charge in [-0.3, -0.25) is 9.59 Å². The summed E-state index contributed by atoms with van der Waals surface area (Å²) in [6.45, 7) is 9.42. The van der Waals surface area contributed by atoms with Crippen LogP contribution in [0.1, 0.15) is 48.8 Å². The molecule has 216 valence electrons. The summed E-state index contributed by atoms with van der Waals surface area (Å²) in [5, 5.41) is 2.79. The molecule has 0 spiro atoms. The van der Waals surface area contributed by atoms with Crippen LogP contribution >= 0.6 is 11.6 Å². The highest BCUT2D eigenvalue weighted by atomic mass is 35.5. The number of rotatable bonds is 14. The Balaban J connectivity index is 1.53. The third kappa shape index (κ3) is 8.44. The van der Waals surface area contributed by atoms with E-state index in [0.29, 0.717) is 51.4 Å². The van der Waals surface area contributed by atoms with E-state index in [9.17, 15) is 9.59 Å². The number of benzene rings is 3. The maximum Gasteiger partial charge on any atom is 0.254 e. The van der Waals surface area contributed by atoms with Gasteiger partial charge in [-0.2, -0.15) is 0 Å². The average molecular weight is 574 g/mol. The summed E-state index contributed by atoms with van der Waals surface area (Å²) in [4.78, 5) is 31.1. The van der Waals surface area contributed by atoms with E-state index < -0.39 is 0 Å². The lowest BCUT2D eigenvalue weighted by molar-refractivity contribution is -0.133. The summed E-state index contributed by atoms with van der Waals surface area (Å²) in [5.41, 5.74) is 2.62. The maximum absolute atomic E-state index is 13.8. The molecule has 4 aromatic rings. The summed E-state index contributed by atoms with van der Waals surface area (Å²) in [7, 11) is 0. The van der Waals surface area contributed by atoms with Gasteiger partial charge >= 0.3 is 0 Å². The lowest BCUT2D eigenvalue weighted by Crippen LogP contribution is -2.44. The fourth-order valence-electron chi connectivity index (χ4n) is 4.97.